The van der Waals surface area contributed by atoms with Gasteiger partial charge in [-0.3, -0.25) is 4.79 Å². The van der Waals surface area contributed by atoms with Gasteiger partial charge in [-0.1, -0.05) is 36.3 Å². The molecule has 1 fully saturated rings. The molecule has 1 aliphatic heterocycles. The quantitative estimate of drug-likeness (QED) is 0.571. The van der Waals surface area contributed by atoms with Gasteiger partial charge < -0.3 is 4.90 Å². The Labute approximate surface area is 102 Å². The first-order chi connectivity index (χ1) is 8.22. The molecular weight excluding hydrogens is 210 g/mol. The summed E-state index contributed by atoms with van der Waals surface area (Å²) in [4.78, 5) is 13.3. The highest BCUT2D eigenvalue weighted by Crippen LogP contribution is 2.23. The minimum atomic E-state index is 0.205. The molecule has 1 atom stereocenters. The van der Waals surface area contributed by atoms with Crippen LogP contribution in [0.2, 0.25) is 0 Å². The molecule has 0 saturated carbocycles. The Bertz CT molecular complexity index is 481. The Morgan fingerprint density at radius 2 is 2.24 bits per heavy atom. The fourth-order valence-corrected chi connectivity index (χ4v) is 2.01. The van der Waals surface area contributed by atoms with E-state index in [-0.39, 0.29) is 5.91 Å². The van der Waals surface area contributed by atoms with Crippen molar-refractivity contribution in [3.05, 3.63) is 42.0 Å². The molecule has 0 aromatic heterocycles. The van der Waals surface area contributed by atoms with Gasteiger partial charge in [-0.25, -0.2) is 0 Å². The fraction of sp³-hybridized carbons (Fsp3) is 0.267. The van der Waals surface area contributed by atoms with E-state index in [1.54, 1.807) is 6.08 Å². The Kier molecular flexibility index (Phi) is 3.30. The van der Waals surface area contributed by atoms with E-state index in [1.807, 2.05) is 35.2 Å². The van der Waals surface area contributed by atoms with E-state index in [4.69, 9.17) is 6.42 Å². The van der Waals surface area contributed by atoms with Gasteiger partial charge in [0.1, 0.15) is 0 Å². The minimum absolute atomic E-state index is 0.205. The van der Waals surface area contributed by atoms with Gasteiger partial charge in [-0.05, 0) is 24.1 Å². The molecule has 2 rings (SSSR count). The van der Waals surface area contributed by atoms with E-state index in [1.165, 1.54) is 0 Å². The zero-order chi connectivity index (χ0) is 12.3. The standard InChI is InChI=1S/C15H15NO/c1-3-7-14(13-8-5-4-6-9-13)11-16-12(2)10-15(16)17/h1,4-9,12H,10-11H2,2H3/b14-7+. The predicted molar refractivity (Wildman–Crippen MR) is 69.0 cm³/mol. The Hall–Kier alpha value is -2.01. The van der Waals surface area contributed by atoms with E-state index in [0.717, 1.165) is 11.1 Å². The van der Waals surface area contributed by atoms with Crippen LogP contribution in [0.5, 0.6) is 0 Å². The van der Waals surface area contributed by atoms with Crippen molar-refractivity contribution in [2.75, 3.05) is 6.54 Å². The number of nitrogens with zero attached hydrogens (tertiary/aromatic N) is 1. The molecule has 1 amide bonds. The van der Waals surface area contributed by atoms with E-state index in [2.05, 4.69) is 12.8 Å². The highest BCUT2D eigenvalue weighted by Gasteiger charge is 2.32. The molecule has 0 spiro atoms. The normalized spacial score (nSPS) is 19.8. The number of carbonyl (C=O) groups is 1. The smallest absolute Gasteiger partial charge is 0.225 e. The lowest BCUT2D eigenvalue weighted by Crippen LogP contribution is -2.51. The summed E-state index contributed by atoms with van der Waals surface area (Å²) in [5.74, 6) is 2.75. The lowest BCUT2D eigenvalue weighted by molar-refractivity contribution is -0.143. The molecule has 0 aliphatic carbocycles. The molecule has 1 unspecified atom stereocenters. The van der Waals surface area contributed by atoms with E-state index >= 15 is 0 Å². The second kappa shape index (κ2) is 4.88. The Balaban J connectivity index is 2.18. The van der Waals surface area contributed by atoms with Gasteiger partial charge in [-0.15, -0.1) is 6.42 Å². The first-order valence-corrected chi connectivity index (χ1v) is 5.72. The van der Waals surface area contributed by atoms with Crippen molar-refractivity contribution in [3.8, 4) is 12.3 Å². The summed E-state index contributed by atoms with van der Waals surface area (Å²) >= 11 is 0. The van der Waals surface area contributed by atoms with Crippen LogP contribution in [0.4, 0.5) is 0 Å². The summed E-state index contributed by atoms with van der Waals surface area (Å²) in [6, 6.07) is 10.3. The molecular formula is C15H15NO. The summed E-state index contributed by atoms with van der Waals surface area (Å²) in [6.07, 6.45) is 7.74. The van der Waals surface area contributed by atoms with E-state index < -0.39 is 0 Å². The van der Waals surface area contributed by atoms with Crippen LogP contribution in [-0.4, -0.2) is 23.4 Å². The average Bonchev–Trinajstić information content (AvgIpc) is 2.35. The van der Waals surface area contributed by atoms with Crippen LogP contribution >= 0.6 is 0 Å². The number of hydrogen-bond acceptors (Lipinski definition) is 1. The van der Waals surface area contributed by atoms with Crippen LogP contribution in [0, 0.1) is 12.3 Å². The lowest BCUT2D eigenvalue weighted by atomic mass is 9.99. The van der Waals surface area contributed by atoms with Crippen LogP contribution in [-0.2, 0) is 4.79 Å². The van der Waals surface area contributed by atoms with Gasteiger partial charge in [-0.2, -0.15) is 0 Å². The van der Waals surface area contributed by atoms with E-state index in [9.17, 15) is 4.79 Å². The molecule has 0 bridgehead atoms. The molecule has 2 heteroatoms. The van der Waals surface area contributed by atoms with E-state index in [0.29, 0.717) is 19.0 Å². The number of hydrogen-bond donors (Lipinski definition) is 0. The summed E-state index contributed by atoms with van der Waals surface area (Å²) in [5.41, 5.74) is 2.10. The van der Waals surface area contributed by atoms with Gasteiger partial charge >= 0.3 is 0 Å². The third-order valence-corrected chi connectivity index (χ3v) is 3.07. The van der Waals surface area contributed by atoms with Crippen LogP contribution < -0.4 is 0 Å². The number of likely N-dealkylation sites (tertiary alicyclic amines) is 1. The lowest BCUT2D eigenvalue weighted by Gasteiger charge is -2.38. The maximum absolute atomic E-state index is 11.5. The molecule has 1 heterocycles. The molecule has 86 valence electrons. The van der Waals surface area contributed by atoms with Crippen LogP contribution in [0.1, 0.15) is 18.9 Å². The maximum Gasteiger partial charge on any atom is 0.225 e. The number of carbonyl (C=O) groups excluding carboxylic acids is 1. The summed E-state index contributed by atoms with van der Waals surface area (Å²) in [6.45, 7) is 2.66. The first-order valence-electron chi connectivity index (χ1n) is 5.72. The van der Waals surface area contributed by atoms with Crippen LogP contribution in [0.3, 0.4) is 0 Å². The van der Waals surface area contributed by atoms with Gasteiger partial charge in [0, 0.05) is 19.0 Å². The number of benzene rings is 1. The van der Waals surface area contributed by atoms with Gasteiger partial charge in [0.2, 0.25) is 5.91 Å². The zero-order valence-corrected chi connectivity index (χ0v) is 9.89. The topological polar surface area (TPSA) is 20.3 Å². The number of allylic oxidation sites excluding steroid dienone is 1. The van der Waals surface area contributed by atoms with Gasteiger partial charge in [0.25, 0.3) is 0 Å². The maximum atomic E-state index is 11.5. The molecule has 1 aromatic rings. The number of terminal acetylenes is 1. The Morgan fingerprint density at radius 1 is 1.53 bits per heavy atom. The van der Waals surface area contributed by atoms with Gasteiger partial charge in [0.15, 0.2) is 0 Å². The highest BCUT2D eigenvalue weighted by atomic mass is 16.2. The SMILES string of the molecule is C#C/C=C(\CN1C(=O)CC1C)c1ccccc1. The molecule has 1 saturated heterocycles. The third kappa shape index (κ3) is 2.39. The van der Waals surface area contributed by atoms with Crippen molar-refractivity contribution in [1.29, 1.82) is 0 Å². The zero-order valence-electron chi connectivity index (χ0n) is 9.89. The van der Waals surface area contributed by atoms with Crippen molar-refractivity contribution in [1.82, 2.24) is 4.90 Å². The summed E-state index contributed by atoms with van der Waals surface area (Å²) in [5, 5.41) is 0. The van der Waals surface area contributed by atoms with Crippen molar-refractivity contribution < 1.29 is 4.79 Å². The highest BCUT2D eigenvalue weighted by molar-refractivity contribution is 5.85. The van der Waals surface area contributed by atoms with Crippen LogP contribution in [0.25, 0.3) is 5.57 Å². The first kappa shape index (κ1) is 11.5. The summed E-state index contributed by atoms with van der Waals surface area (Å²) in [7, 11) is 0. The Morgan fingerprint density at radius 3 is 2.76 bits per heavy atom. The predicted octanol–water partition coefficient (Wildman–Crippen LogP) is 2.32. The van der Waals surface area contributed by atoms with Gasteiger partial charge in [0.05, 0.1) is 0 Å². The third-order valence-electron chi connectivity index (χ3n) is 3.07. The molecule has 0 N–H and O–H groups in total. The van der Waals surface area contributed by atoms with Crippen molar-refractivity contribution in [2.24, 2.45) is 0 Å². The van der Waals surface area contributed by atoms with Crippen molar-refractivity contribution >= 4 is 11.5 Å². The number of amides is 1. The molecule has 1 aromatic carbocycles. The monoisotopic (exact) mass is 225 g/mol. The molecule has 17 heavy (non-hydrogen) atoms. The number of β-lactam (4-membered cyclic amide) rings is 1. The minimum Gasteiger partial charge on any atom is -0.335 e. The largest absolute Gasteiger partial charge is 0.335 e. The molecule has 0 radical (unpaired) electrons. The molecule has 1 aliphatic rings. The molecule has 2 nitrogen and oxygen atoms in total. The summed E-state index contributed by atoms with van der Waals surface area (Å²) < 4.78 is 0. The average molecular weight is 225 g/mol. The fourth-order valence-electron chi connectivity index (χ4n) is 2.01. The second-order valence-corrected chi connectivity index (χ2v) is 4.28. The number of rotatable bonds is 3. The van der Waals surface area contributed by atoms with Crippen molar-refractivity contribution in [2.45, 2.75) is 19.4 Å². The van der Waals surface area contributed by atoms with Crippen LogP contribution in [0.15, 0.2) is 36.4 Å². The van der Waals surface area contributed by atoms with Crippen molar-refractivity contribution in [3.63, 3.8) is 0 Å². The second-order valence-electron chi connectivity index (χ2n) is 4.28.